The van der Waals surface area contributed by atoms with Crippen molar-refractivity contribution in [3.63, 3.8) is 0 Å². The number of benzene rings is 1. The van der Waals surface area contributed by atoms with E-state index in [2.05, 4.69) is 41.5 Å². The van der Waals surface area contributed by atoms with E-state index in [-0.39, 0.29) is 12.1 Å². The van der Waals surface area contributed by atoms with Crippen molar-refractivity contribution in [2.45, 2.75) is 32.4 Å². The van der Waals surface area contributed by atoms with E-state index in [0.717, 1.165) is 30.1 Å². The molecule has 0 saturated carbocycles. The van der Waals surface area contributed by atoms with Crippen molar-refractivity contribution in [1.82, 2.24) is 15.5 Å². The van der Waals surface area contributed by atoms with Gasteiger partial charge in [-0.1, -0.05) is 6.07 Å². The normalized spacial score (nSPS) is 17.0. The summed E-state index contributed by atoms with van der Waals surface area (Å²) in [5.41, 5.74) is 2.34. The molecule has 2 unspecified atom stereocenters. The Kier molecular flexibility index (Phi) is 4.10. The molecule has 2 heterocycles. The first-order valence-corrected chi connectivity index (χ1v) is 7.38. The lowest BCUT2D eigenvalue weighted by Gasteiger charge is -2.20. The molecular weight excluding hydrogens is 266 g/mol. The van der Waals surface area contributed by atoms with Gasteiger partial charge in [-0.15, -0.1) is 0 Å². The summed E-state index contributed by atoms with van der Waals surface area (Å²) >= 11 is 0. The van der Waals surface area contributed by atoms with Crippen LogP contribution < -0.4 is 14.8 Å². The van der Waals surface area contributed by atoms with Gasteiger partial charge in [0.2, 0.25) is 0 Å². The van der Waals surface area contributed by atoms with Crippen molar-refractivity contribution in [2.24, 2.45) is 0 Å². The number of aromatic amines is 1. The summed E-state index contributed by atoms with van der Waals surface area (Å²) in [5, 5.41) is 10.4. The van der Waals surface area contributed by atoms with Crippen LogP contribution in [0.5, 0.6) is 11.5 Å². The van der Waals surface area contributed by atoms with Crippen LogP contribution >= 0.6 is 0 Å². The fourth-order valence-electron chi connectivity index (χ4n) is 2.51. The van der Waals surface area contributed by atoms with Crippen LogP contribution in [0.1, 0.15) is 43.5 Å². The smallest absolute Gasteiger partial charge is 0.161 e. The van der Waals surface area contributed by atoms with Gasteiger partial charge in [-0.05, 0) is 31.5 Å². The van der Waals surface area contributed by atoms with Crippen molar-refractivity contribution in [1.29, 1.82) is 0 Å². The van der Waals surface area contributed by atoms with Crippen molar-refractivity contribution in [3.8, 4) is 11.5 Å². The van der Waals surface area contributed by atoms with Crippen molar-refractivity contribution < 1.29 is 9.47 Å². The molecule has 0 aliphatic carbocycles. The van der Waals surface area contributed by atoms with E-state index in [1.807, 2.05) is 18.5 Å². The zero-order chi connectivity index (χ0) is 14.7. The van der Waals surface area contributed by atoms with Crippen LogP contribution in [-0.2, 0) is 0 Å². The van der Waals surface area contributed by atoms with E-state index in [0.29, 0.717) is 6.61 Å². The van der Waals surface area contributed by atoms with Crippen molar-refractivity contribution >= 4 is 0 Å². The second kappa shape index (κ2) is 6.18. The quantitative estimate of drug-likeness (QED) is 0.907. The Morgan fingerprint density at radius 1 is 1.10 bits per heavy atom. The van der Waals surface area contributed by atoms with Gasteiger partial charge in [-0.3, -0.25) is 5.10 Å². The lowest BCUT2D eigenvalue weighted by Crippen LogP contribution is -2.22. The van der Waals surface area contributed by atoms with Crippen LogP contribution in [-0.4, -0.2) is 23.4 Å². The summed E-state index contributed by atoms with van der Waals surface area (Å²) in [6, 6.07) is 6.60. The first-order valence-electron chi connectivity index (χ1n) is 7.38. The molecule has 0 saturated heterocycles. The predicted molar refractivity (Wildman–Crippen MR) is 80.6 cm³/mol. The van der Waals surface area contributed by atoms with E-state index in [1.54, 1.807) is 0 Å². The third kappa shape index (κ3) is 3.19. The number of H-pyrrole nitrogens is 1. The van der Waals surface area contributed by atoms with Gasteiger partial charge in [0.15, 0.2) is 11.5 Å². The molecule has 3 rings (SSSR count). The third-order valence-corrected chi connectivity index (χ3v) is 3.79. The number of nitrogens with one attached hydrogen (secondary N) is 2. The largest absolute Gasteiger partial charge is 0.490 e. The number of aromatic nitrogens is 2. The Morgan fingerprint density at radius 2 is 1.86 bits per heavy atom. The highest BCUT2D eigenvalue weighted by atomic mass is 16.5. The highest BCUT2D eigenvalue weighted by molar-refractivity contribution is 5.44. The summed E-state index contributed by atoms with van der Waals surface area (Å²) in [6.07, 6.45) is 4.69. The number of ether oxygens (including phenoxy) is 2. The van der Waals surface area contributed by atoms with Crippen LogP contribution in [0.3, 0.4) is 0 Å². The Labute approximate surface area is 124 Å². The van der Waals surface area contributed by atoms with Crippen LogP contribution in [0.25, 0.3) is 0 Å². The monoisotopic (exact) mass is 287 g/mol. The number of hydrogen-bond donors (Lipinski definition) is 2. The maximum atomic E-state index is 5.75. The minimum absolute atomic E-state index is 0.215. The molecule has 21 heavy (non-hydrogen) atoms. The average molecular weight is 287 g/mol. The summed E-state index contributed by atoms with van der Waals surface area (Å²) in [4.78, 5) is 0. The van der Waals surface area contributed by atoms with Gasteiger partial charge in [0.1, 0.15) is 0 Å². The van der Waals surface area contributed by atoms with E-state index in [1.165, 1.54) is 5.56 Å². The molecule has 0 fully saturated rings. The molecule has 0 bridgehead atoms. The van der Waals surface area contributed by atoms with Gasteiger partial charge in [-0.2, -0.15) is 5.10 Å². The van der Waals surface area contributed by atoms with E-state index < -0.39 is 0 Å². The molecule has 2 aromatic rings. The zero-order valence-corrected chi connectivity index (χ0v) is 12.4. The summed E-state index contributed by atoms with van der Waals surface area (Å²) in [5.74, 6) is 1.68. The molecule has 2 N–H and O–H groups in total. The number of nitrogens with zero attached hydrogens (tertiary/aromatic N) is 1. The maximum absolute atomic E-state index is 5.75. The fraction of sp³-hybridized carbons (Fsp3) is 0.438. The Hall–Kier alpha value is -2.01. The second-order valence-corrected chi connectivity index (χ2v) is 5.40. The lowest BCUT2D eigenvalue weighted by molar-refractivity contribution is 0.297. The SMILES string of the molecule is CC(NC(C)c1ccc2c(c1)OCCCO2)c1cn[nH]c1. The summed E-state index contributed by atoms with van der Waals surface area (Å²) in [6.45, 7) is 5.71. The number of fused-ring (bicyclic) bond motifs is 1. The number of hydrogen-bond acceptors (Lipinski definition) is 4. The molecule has 0 spiro atoms. The zero-order valence-electron chi connectivity index (χ0n) is 12.4. The summed E-state index contributed by atoms with van der Waals surface area (Å²) in [7, 11) is 0. The molecular formula is C16H21N3O2. The lowest BCUT2D eigenvalue weighted by atomic mass is 10.1. The van der Waals surface area contributed by atoms with Crippen LogP contribution in [0, 0.1) is 0 Å². The minimum Gasteiger partial charge on any atom is -0.490 e. The van der Waals surface area contributed by atoms with Crippen LogP contribution in [0.2, 0.25) is 0 Å². The van der Waals surface area contributed by atoms with Crippen molar-refractivity contribution in [2.75, 3.05) is 13.2 Å². The number of rotatable bonds is 4. The van der Waals surface area contributed by atoms with Crippen LogP contribution in [0.15, 0.2) is 30.6 Å². The fourth-order valence-corrected chi connectivity index (χ4v) is 2.51. The molecule has 1 aromatic carbocycles. The van der Waals surface area contributed by atoms with Crippen LogP contribution in [0.4, 0.5) is 0 Å². The van der Waals surface area contributed by atoms with Gasteiger partial charge in [-0.25, -0.2) is 0 Å². The van der Waals surface area contributed by atoms with Gasteiger partial charge in [0.05, 0.1) is 19.4 Å². The molecule has 5 nitrogen and oxygen atoms in total. The predicted octanol–water partition coefficient (Wildman–Crippen LogP) is 2.98. The van der Waals surface area contributed by atoms with E-state index in [9.17, 15) is 0 Å². The van der Waals surface area contributed by atoms with Gasteiger partial charge >= 0.3 is 0 Å². The first-order chi connectivity index (χ1) is 10.2. The van der Waals surface area contributed by atoms with Gasteiger partial charge in [0, 0.05) is 30.3 Å². The van der Waals surface area contributed by atoms with E-state index >= 15 is 0 Å². The Bertz CT molecular complexity index is 583. The Morgan fingerprint density at radius 3 is 2.62 bits per heavy atom. The standard InChI is InChI=1S/C16H21N3O2/c1-11(19-12(2)14-9-17-18-10-14)13-4-5-15-16(8-13)21-7-3-6-20-15/h4-5,8-12,19H,3,6-7H2,1-2H3,(H,17,18). The molecule has 2 atom stereocenters. The average Bonchev–Trinajstić information content (AvgIpc) is 2.92. The van der Waals surface area contributed by atoms with Crippen molar-refractivity contribution in [3.05, 3.63) is 41.7 Å². The Balaban J connectivity index is 1.72. The minimum atomic E-state index is 0.215. The molecule has 1 aromatic heterocycles. The maximum Gasteiger partial charge on any atom is 0.161 e. The molecule has 1 aliphatic heterocycles. The molecule has 112 valence electrons. The highest BCUT2D eigenvalue weighted by Gasteiger charge is 2.16. The molecule has 0 radical (unpaired) electrons. The molecule has 5 heteroatoms. The first kappa shape index (κ1) is 13.9. The van der Waals surface area contributed by atoms with E-state index in [4.69, 9.17) is 9.47 Å². The third-order valence-electron chi connectivity index (χ3n) is 3.79. The molecule has 0 amide bonds. The second-order valence-electron chi connectivity index (χ2n) is 5.40. The highest BCUT2D eigenvalue weighted by Crippen LogP contribution is 2.32. The van der Waals surface area contributed by atoms with Gasteiger partial charge in [0.25, 0.3) is 0 Å². The summed E-state index contributed by atoms with van der Waals surface area (Å²) < 4.78 is 11.4. The van der Waals surface area contributed by atoms with Gasteiger partial charge < -0.3 is 14.8 Å². The topological polar surface area (TPSA) is 59.2 Å². The molecule has 1 aliphatic rings.